The van der Waals surface area contributed by atoms with Crippen LogP contribution in [0.3, 0.4) is 0 Å². The third-order valence-electron chi connectivity index (χ3n) is 2.29. The molecule has 0 aromatic carbocycles. The van der Waals surface area contributed by atoms with Crippen LogP contribution in [-0.4, -0.2) is 26.7 Å². The first kappa shape index (κ1) is 13.2. The highest BCUT2D eigenvalue weighted by Crippen LogP contribution is 2.28. The number of carbonyl (C=O) groups is 1. The molecule has 0 aliphatic heterocycles. The van der Waals surface area contributed by atoms with Crippen molar-refractivity contribution in [1.29, 1.82) is 0 Å². The fourth-order valence-corrected chi connectivity index (χ4v) is 3.88. The van der Waals surface area contributed by atoms with Crippen molar-refractivity contribution in [3.8, 4) is 0 Å². The molecule has 4 nitrogen and oxygen atoms in total. The summed E-state index contributed by atoms with van der Waals surface area (Å²) in [5, 5.41) is 1.00. The number of hydrogen-bond donors (Lipinski definition) is 0. The lowest BCUT2D eigenvalue weighted by atomic mass is 10.3. The number of methoxy groups -OCH3 is 1. The van der Waals surface area contributed by atoms with Crippen molar-refractivity contribution in [3.63, 3.8) is 0 Å². The molecule has 1 aromatic heterocycles. The van der Waals surface area contributed by atoms with Crippen molar-refractivity contribution in [3.05, 3.63) is 15.8 Å². The Hall–Kier alpha value is -0.880. The van der Waals surface area contributed by atoms with E-state index in [4.69, 9.17) is 0 Å². The number of carbonyl (C=O) groups excluding carboxylic acids is 1. The second kappa shape index (κ2) is 4.55. The van der Waals surface area contributed by atoms with Crippen LogP contribution in [0.5, 0.6) is 0 Å². The largest absolute Gasteiger partial charge is 0.465 e. The van der Waals surface area contributed by atoms with Gasteiger partial charge in [-0.3, -0.25) is 0 Å². The molecule has 0 saturated carbocycles. The number of thiophene rings is 1. The fraction of sp³-hybridized carbons (Fsp3) is 0.500. The third-order valence-corrected chi connectivity index (χ3v) is 5.78. The standard InChI is InChI=1S/C10H14O4S2/c1-6(2)16(12,13)8-5-15-9(7(8)3)10(11)14-4/h5-6H,1-4H3. The van der Waals surface area contributed by atoms with Gasteiger partial charge in [0.2, 0.25) is 0 Å². The molecule has 90 valence electrons. The number of sulfone groups is 1. The molecule has 0 unspecified atom stereocenters. The van der Waals surface area contributed by atoms with Crippen LogP contribution in [0.2, 0.25) is 0 Å². The van der Waals surface area contributed by atoms with Crippen LogP contribution in [0.4, 0.5) is 0 Å². The number of hydrogen-bond acceptors (Lipinski definition) is 5. The first-order valence-corrected chi connectivity index (χ1v) is 7.15. The first-order chi connectivity index (χ1) is 7.32. The molecule has 0 aliphatic rings. The minimum absolute atomic E-state index is 0.230. The molecule has 0 atom stereocenters. The van der Waals surface area contributed by atoms with Gasteiger partial charge in [0, 0.05) is 5.38 Å². The van der Waals surface area contributed by atoms with Crippen LogP contribution in [0.25, 0.3) is 0 Å². The van der Waals surface area contributed by atoms with Gasteiger partial charge in [0.05, 0.1) is 17.3 Å². The molecule has 0 radical (unpaired) electrons. The van der Waals surface area contributed by atoms with Gasteiger partial charge >= 0.3 is 5.97 Å². The topological polar surface area (TPSA) is 60.4 Å². The Kier molecular flexibility index (Phi) is 3.75. The minimum atomic E-state index is -3.33. The molecular weight excluding hydrogens is 248 g/mol. The summed E-state index contributed by atoms with van der Waals surface area (Å²) in [4.78, 5) is 11.9. The molecule has 0 fully saturated rings. The molecule has 0 spiro atoms. The molecule has 16 heavy (non-hydrogen) atoms. The maximum absolute atomic E-state index is 11.9. The molecular formula is C10H14O4S2. The highest BCUT2D eigenvalue weighted by molar-refractivity contribution is 7.92. The van der Waals surface area contributed by atoms with Crippen LogP contribution >= 0.6 is 11.3 Å². The summed E-state index contributed by atoms with van der Waals surface area (Å²) in [6.07, 6.45) is 0. The van der Waals surface area contributed by atoms with Crippen LogP contribution in [0.15, 0.2) is 10.3 Å². The zero-order chi connectivity index (χ0) is 12.5. The van der Waals surface area contributed by atoms with Gasteiger partial charge in [-0.05, 0) is 26.3 Å². The Labute approximate surface area is 99.2 Å². The lowest BCUT2D eigenvalue weighted by Gasteiger charge is -2.07. The summed E-state index contributed by atoms with van der Waals surface area (Å²) in [6, 6.07) is 0. The molecule has 1 aromatic rings. The van der Waals surface area contributed by atoms with Crippen molar-refractivity contribution in [1.82, 2.24) is 0 Å². The van der Waals surface area contributed by atoms with Crippen LogP contribution in [-0.2, 0) is 14.6 Å². The number of rotatable bonds is 3. The Bertz CT molecular complexity index is 497. The smallest absolute Gasteiger partial charge is 0.348 e. The van der Waals surface area contributed by atoms with E-state index >= 15 is 0 Å². The molecule has 0 saturated heterocycles. The van der Waals surface area contributed by atoms with Gasteiger partial charge in [0.1, 0.15) is 4.88 Å². The van der Waals surface area contributed by atoms with E-state index in [2.05, 4.69) is 4.74 Å². The predicted octanol–water partition coefficient (Wildman–Crippen LogP) is 2.03. The zero-order valence-corrected chi connectivity index (χ0v) is 11.2. The van der Waals surface area contributed by atoms with Gasteiger partial charge in [0.25, 0.3) is 0 Å². The molecule has 6 heteroatoms. The third kappa shape index (κ3) is 2.12. The molecule has 1 rings (SSSR count). The van der Waals surface area contributed by atoms with Crippen molar-refractivity contribution >= 4 is 27.1 Å². The predicted molar refractivity (Wildman–Crippen MR) is 62.7 cm³/mol. The normalized spacial score (nSPS) is 11.8. The molecule has 0 amide bonds. The van der Waals surface area contributed by atoms with Crippen LogP contribution < -0.4 is 0 Å². The van der Waals surface area contributed by atoms with Crippen molar-refractivity contribution in [2.45, 2.75) is 30.9 Å². The SMILES string of the molecule is COC(=O)c1scc(S(=O)(=O)C(C)C)c1C. The summed E-state index contributed by atoms with van der Waals surface area (Å²) in [5.41, 5.74) is 0.477. The van der Waals surface area contributed by atoms with E-state index in [0.29, 0.717) is 10.4 Å². The monoisotopic (exact) mass is 262 g/mol. The zero-order valence-electron chi connectivity index (χ0n) is 9.60. The lowest BCUT2D eigenvalue weighted by molar-refractivity contribution is 0.0605. The average Bonchev–Trinajstić information content (AvgIpc) is 2.59. The van der Waals surface area contributed by atoms with E-state index in [9.17, 15) is 13.2 Å². The van der Waals surface area contributed by atoms with E-state index in [0.717, 1.165) is 11.3 Å². The maximum Gasteiger partial charge on any atom is 0.348 e. The van der Waals surface area contributed by atoms with E-state index in [1.807, 2.05) is 0 Å². The van der Waals surface area contributed by atoms with Gasteiger partial charge in [-0.2, -0.15) is 0 Å². The summed E-state index contributed by atoms with van der Waals surface area (Å²) < 4.78 is 28.4. The van der Waals surface area contributed by atoms with Gasteiger partial charge in [-0.25, -0.2) is 13.2 Å². The number of esters is 1. The van der Waals surface area contributed by atoms with E-state index < -0.39 is 21.1 Å². The van der Waals surface area contributed by atoms with Gasteiger partial charge in [0.15, 0.2) is 9.84 Å². The molecule has 0 aliphatic carbocycles. The Balaban J connectivity index is 3.31. The lowest BCUT2D eigenvalue weighted by Crippen LogP contribution is -2.14. The van der Waals surface area contributed by atoms with Crippen molar-refractivity contribution in [2.75, 3.05) is 7.11 Å². The first-order valence-electron chi connectivity index (χ1n) is 4.72. The molecule has 0 bridgehead atoms. The van der Waals surface area contributed by atoms with E-state index in [1.165, 1.54) is 12.5 Å². The summed E-state index contributed by atoms with van der Waals surface area (Å²) in [5.74, 6) is -0.493. The number of ether oxygens (including phenoxy) is 1. The van der Waals surface area contributed by atoms with Crippen LogP contribution in [0.1, 0.15) is 29.1 Å². The summed E-state index contributed by atoms with van der Waals surface area (Å²) >= 11 is 1.10. The van der Waals surface area contributed by atoms with E-state index in [-0.39, 0.29) is 4.90 Å². The van der Waals surface area contributed by atoms with Crippen LogP contribution in [0, 0.1) is 6.92 Å². The maximum atomic E-state index is 11.9. The molecule has 1 heterocycles. The highest BCUT2D eigenvalue weighted by atomic mass is 32.2. The summed E-state index contributed by atoms with van der Waals surface area (Å²) in [6.45, 7) is 4.85. The second-order valence-corrected chi connectivity index (χ2v) is 6.99. The fourth-order valence-electron chi connectivity index (χ4n) is 1.23. The molecule has 0 N–H and O–H groups in total. The van der Waals surface area contributed by atoms with E-state index in [1.54, 1.807) is 20.8 Å². The highest BCUT2D eigenvalue weighted by Gasteiger charge is 2.26. The van der Waals surface area contributed by atoms with Gasteiger partial charge in [-0.1, -0.05) is 0 Å². The van der Waals surface area contributed by atoms with Gasteiger partial charge < -0.3 is 4.74 Å². The summed E-state index contributed by atoms with van der Waals surface area (Å²) in [7, 11) is -2.05. The second-order valence-electron chi connectivity index (χ2n) is 3.64. The quantitative estimate of drug-likeness (QED) is 0.782. The van der Waals surface area contributed by atoms with Crippen molar-refractivity contribution in [2.24, 2.45) is 0 Å². The average molecular weight is 262 g/mol. The minimum Gasteiger partial charge on any atom is -0.465 e. The Morgan fingerprint density at radius 1 is 1.44 bits per heavy atom. The van der Waals surface area contributed by atoms with Crippen molar-refractivity contribution < 1.29 is 17.9 Å². The van der Waals surface area contributed by atoms with Gasteiger partial charge in [-0.15, -0.1) is 11.3 Å². The Morgan fingerprint density at radius 2 is 2.00 bits per heavy atom. The Morgan fingerprint density at radius 3 is 2.44 bits per heavy atom.